The molecule has 3 rings (SSSR count). The third-order valence-electron chi connectivity index (χ3n) is 4.83. The van der Waals surface area contributed by atoms with E-state index in [-0.39, 0.29) is 17.4 Å². The van der Waals surface area contributed by atoms with Crippen LogP contribution in [0.4, 0.5) is 15.8 Å². The Bertz CT molecular complexity index is 803. The molecular weight excluding hydrogens is 347 g/mol. The number of rotatable bonds is 6. The maximum Gasteiger partial charge on any atom is 0.164 e. The van der Waals surface area contributed by atoms with E-state index in [0.29, 0.717) is 23.7 Å². The Balaban J connectivity index is 1.80. The molecule has 2 aromatic rings. The highest BCUT2D eigenvalue weighted by molar-refractivity contribution is 6.00. The summed E-state index contributed by atoms with van der Waals surface area (Å²) in [6, 6.07) is 10.6. The summed E-state index contributed by atoms with van der Waals surface area (Å²) in [6.45, 7) is 2.89. The van der Waals surface area contributed by atoms with Crippen molar-refractivity contribution in [2.75, 3.05) is 37.5 Å². The quantitative estimate of drug-likeness (QED) is 0.773. The number of methoxy groups -OCH3 is 2. The zero-order chi connectivity index (χ0) is 19.4. The molecule has 2 aromatic carbocycles. The summed E-state index contributed by atoms with van der Waals surface area (Å²) in [5.74, 6) is 0.713. The van der Waals surface area contributed by atoms with Crippen LogP contribution >= 0.6 is 0 Å². The number of piperidine rings is 1. The van der Waals surface area contributed by atoms with Crippen molar-refractivity contribution in [2.45, 2.75) is 25.8 Å². The van der Waals surface area contributed by atoms with E-state index >= 15 is 0 Å². The molecule has 1 unspecified atom stereocenters. The van der Waals surface area contributed by atoms with Crippen molar-refractivity contribution in [3.8, 4) is 11.5 Å². The third kappa shape index (κ3) is 4.32. The first kappa shape index (κ1) is 19.0. The van der Waals surface area contributed by atoms with Crippen LogP contribution in [0, 0.1) is 5.82 Å². The van der Waals surface area contributed by atoms with Crippen LogP contribution in [-0.4, -0.2) is 39.1 Å². The van der Waals surface area contributed by atoms with Gasteiger partial charge in [0.1, 0.15) is 17.3 Å². The highest BCUT2D eigenvalue weighted by Gasteiger charge is 2.24. The smallest absolute Gasteiger partial charge is 0.164 e. The first-order valence-electron chi connectivity index (χ1n) is 9.06. The topological polar surface area (TPSA) is 50.8 Å². The van der Waals surface area contributed by atoms with Crippen molar-refractivity contribution in [3.63, 3.8) is 0 Å². The Kier molecular flexibility index (Phi) is 5.84. The summed E-state index contributed by atoms with van der Waals surface area (Å²) >= 11 is 0. The number of nitrogens with one attached hydrogen (secondary N) is 1. The number of anilines is 2. The molecule has 6 heteroatoms. The molecule has 0 radical (unpaired) electrons. The summed E-state index contributed by atoms with van der Waals surface area (Å²) in [7, 11) is 3.24. The molecule has 1 aliphatic rings. The number of carbonyl (C=O) groups is 1. The number of ketones is 1. The van der Waals surface area contributed by atoms with Gasteiger partial charge in [-0.3, -0.25) is 4.79 Å². The number of benzene rings is 2. The van der Waals surface area contributed by atoms with Gasteiger partial charge >= 0.3 is 0 Å². The monoisotopic (exact) mass is 372 g/mol. The van der Waals surface area contributed by atoms with Gasteiger partial charge in [0.05, 0.1) is 25.5 Å². The van der Waals surface area contributed by atoms with Crippen molar-refractivity contribution in [1.82, 2.24) is 0 Å². The molecule has 144 valence electrons. The number of hydrogen-bond acceptors (Lipinski definition) is 5. The number of carbonyl (C=O) groups excluding carboxylic acids is 1. The van der Waals surface area contributed by atoms with Crippen LogP contribution in [0.5, 0.6) is 11.5 Å². The van der Waals surface area contributed by atoms with Crippen LogP contribution in [-0.2, 0) is 0 Å². The van der Waals surface area contributed by atoms with Crippen molar-refractivity contribution in [2.24, 2.45) is 0 Å². The largest absolute Gasteiger partial charge is 0.497 e. The van der Waals surface area contributed by atoms with Gasteiger partial charge in [0, 0.05) is 43.0 Å². The number of Topliss-reactive ketones (excluding diaryl/α,β-unsaturated/α-hetero) is 1. The predicted molar refractivity (Wildman–Crippen MR) is 105 cm³/mol. The molecule has 0 amide bonds. The maximum atomic E-state index is 14.2. The highest BCUT2D eigenvalue weighted by Crippen LogP contribution is 2.30. The van der Waals surface area contributed by atoms with E-state index in [1.165, 1.54) is 13.0 Å². The standard InChI is InChI=1S/C21H25FN2O3/c1-14(25)21-19(22)7-4-8-20(21)24-9-5-6-15(13-24)23-16-10-17(26-2)12-18(11-16)27-3/h4,7-8,10-12,15,23H,5-6,9,13H2,1-3H3. The Morgan fingerprint density at radius 1 is 1.19 bits per heavy atom. The van der Waals surface area contributed by atoms with Gasteiger partial charge < -0.3 is 19.7 Å². The van der Waals surface area contributed by atoms with E-state index in [1.807, 2.05) is 24.3 Å². The van der Waals surface area contributed by atoms with Crippen molar-refractivity contribution >= 4 is 17.2 Å². The molecule has 0 bridgehead atoms. The summed E-state index contributed by atoms with van der Waals surface area (Å²) in [5, 5.41) is 3.51. The summed E-state index contributed by atoms with van der Waals surface area (Å²) in [4.78, 5) is 14.0. The molecule has 0 saturated carbocycles. The Morgan fingerprint density at radius 2 is 1.89 bits per heavy atom. The first-order valence-corrected chi connectivity index (χ1v) is 9.06. The number of hydrogen-bond donors (Lipinski definition) is 1. The average Bonchev–Trinajstić information content (AvgIpc) is 2.67. The molecule has 0 spiro atoms. The summed E-state index contributed by atoms with van der Waals surface area (Å²) in [6.07, 6.45) is 1.94. The van der Waals surface area contributed by atoms with Gasteiger partial charge in [-0.1, -0.05) is 6.07 Å². The van der Waals surface area contributed by atoms with E-state index in [0.717, 1.165) is 25.1 Å². The van der Waals surface area contributed by atoms with E-state index in [4.69, 9.17) is 9.47 Å². The molecule has 0 aromatic heterocycles. The van der Waals surface area contributed by atoms with Crippen molar-refractivity contribution in [1.29, 1.82) is 0 Å². The lowest BCUT2D eigenvalue weighted by Gasteiger charge is -2.36. The fraction of sp³-hybridized carbons (Fsp3) is 0.381. The number of nitrogens with zero attached hydrogens (tertiary/aromatic N) is 1. The van der Waals surface area contributed by atoms with E-state index in [2.05, 4.69) is 10.2 Å². The minimum atomic E-state index is -0.465. The molecule has 1 aliphatic heterocycles. The first-order chi connectivity index (χ1) is 13.0. The fourth-order valence-corrected chi connectivity index (χ4v) is 3.57. The minimum absolute atomic E-state index is 0.165. The van der Waals surface area contributed by atoms with Crippen LogP contribution in [0.25, 0.3) is 0 Å². The van der Waals surface area contributed by atoms with Gasteiger partial charge in [-0.05, 0) is 31.9 Å². The van der Waals surface area contributed by atoms with Gasteiger partial charge in [0.15, 0.2) is 5.78 Å². The number of halogens is 1. The second-order valence-corrected chi connectivity index (χ2v) is 6.72. The Morgan fingerprint density at radius 3 is 2.52 bits per heavy atom. The zero-order valence-corrected chi connectivity index (χ0v) is 15.9. The molecule has 1 N–H and O–H groups in total. The SMILES string of the molecule is COc1cc(NC2CCCN(c3cccc(F)c3C(C)=O)C2)cc(OC)c1. The Labute approximate surface area is 159 Å². The molecular formula is C21H25FN2O3. The summed E-state index contributed by atoms with van der Waals surface area (Å²) < 4.78 is 24.8. The van der Waals surface area contributed by atoms with Crippen LogP contribution in [0.3, 0.4) is 0 Å². The fourth-order valence-electron chi connectivity index (χ4n) is 3.57. The van der Waals surface area contributed by atoms with Crippen molar-refractivity contribution < 1.29 is 18.7 Å². The average molecular weight is 372 g/mol. The van der Waals surface area contributed by atoms with Gasteiger partial charge in [0.25, 0.3) is 0 Å². The van der Waals surface area contributed by atoms with Gasteiger partial charge in [0.2, 0.25) is 0 Å². The van der Waals surface area contributed by atoms with E-state index in [1.54, 1.807) is 20.3 Å². The predicted octanol–water partition coefficient (Wildman–Crippen LogP) is 4.13. The molecule has 1 heterocycles. The second kappa shape index (κ2) is 8.29. The number of ether oxygens (including phenoxy) is 2. The Hall–Kier alpha value is -2.76. The minimum Gasteiger partial charge on any atom is -0.497 e. The second-order valence-electron chi connectivity index (χ2n) is 6.72. The molecule has 5 nitrogen and oxygen atoms in total. The lowest BCUT2D eigenvalue weighted by Crippen LogP contribution is -2.42. The highest BCUT2D eigenvalue weighted by atomic mass is 19.1. The normalized spacial score (nSPS) is 16.7. The third-order valence-corrected chi connectivity index (χ3v) is 4.83. The van der Waals surface area contributed by atoms with Crippen LogP contribution in [0.1, 0.15) is 30.1 Å². The zero-order valence-electron chi connectivity index (χ0n) is 15.9. The molecule has 0 aliphatic carbocycles. The lowest BCUT2D eigenvalue weighted by atomic mass is 10.0. The molecule has 1 saturated heterocycles. The summed E-state index contributed by atoms with van der Waals surface area (Å²) in [5.41, 5.74) is 1.74. The van der Waals surface area contributed by atoms with Crippen LogP contribution in [0.2, 0.25) is 0 Å². The van der Waals surface area contributed by atoms with Gasteiger partial charge in [-0.25, -0.2) is 4.39 Å². The van der Waals surface area contributed by atoms with E-state index < -0.39 is 5.82 Å². The van der Waals surface area contributed by atoms with E-state index in [9.17, 15) is 9.18 Å². The lowest BCUT2D eigenvalue weighted by molar-refractivity contribution is 0.101. The van der Waals surface area contributed by atoms with Gasteiger partial charge in [-0.15, -0.1) is 0 Å². The molecule has 1 fully saturated rings. The van der Waals surface area contributed by atoms with Crippen LogP contribution < -0.4 is 19.7 Å². The van der Waals surface area contributed by atoms with Crippen molar-refractivity contribution in [3.05, 3.63) is 47.8 Å². The maximum absolute atomic E-state index is 14.2. The van der Waals surface area contributed by atoms with Gasteiger partial charge in [-0.2, -0.15) is 0 Å². The molecule has 1 atom stereocenters. The molecule has 27 heavy (non-hydrogen) atoms. The van der Waals surface area contributed by atoms with Crippen LogP contribution in [0.15, 0.2) is 36.4 Å².